The Morgan fingerprint density at radius 3 is 2.69 bits per heavy atom. The van der Waals surface area contributed by atoms with E-state index in [1.165, 1.54) is 12.1 Å². The van der Waals surface area contributed by atoms with Gasteiger partial charge in [-0.2, -0.15) is 0 Å². The van der Waals surface area contributed by atoms with Crippen LogP contribution in [0, 0.1) is 6.92 Å². The van der Waals surface area contributed by atoms with Crippen LogP contribution in [0.3, 0.4) is 0 Å². The molecule has 1 fully saturated rings. The summed E-state index contributed by atoms with van der Waals surface area (Å²) in [5.74, 6) is 0. The Morgan fingerprint density at radius 2 is 2.08 bits per heavy atom. The molecule has 1 saturated heterocycles. The van der Waals surface area contributed by atoms with E-state index in [-0.39, 0.29) is 0 Å². The highest BCUT2D eigenvalue weighted by Gasteiger charge is 2.12. The molecule has 0 bridgehead atoms. The molecule has 0 spiro atoms. The molecule has 1 aliphatic heterocycles. The van der Waals surface area contributed by atoms with Crippen molar-refractivity contribution >= 4 is 5.69 Å². The summed E-state index contributed by atoms with van der Waals surface area (Å²) in [7, 11) is 0. The van der Waals surface area contributed by atoms with Gasteiger partial charge in [-0.3, -0.25) is 0 Å². The number of hydrogen-bond donors (Lipinski definition) is 2. The van der Waals surface area contributed by atoms with Gasteiger partial charge in [0.05, 0.1) is 0 Å². The molecular weight excluding hydrogens is 160 g/mol. The van der Waals surface area contributed by atoms with Crippen molar-refractivity contribution in [1.29, 1.82) is 0 Å². The molecule has 1 unspecified atom stereocenters. The Bertz CT molecular complexity index is 260. The van der Waals surface area contributed by atoms with E-state index in [1.54, 1.807) is 0 Å². The summed E-state index contributed by atoms with van der Waals surface area (Å²) in [5.41, 5.74) is 2.26. The molecule has 1 radical (unpaired) electrons. The molecule has 69 valence electrons. The van der Waals surface area contributed by atoms with E-state index in [0.717, 1.165) is 18.7 Å². The molecule has 2 nitrogen and oxygen atoms in total. The lowest BCUT2D eigenvalue weighted by Crippen LogP contribution is -2.21. The minimum atomic E-state index is 0.593. The first-order chi connectivity index (χ1) is 6.34. The Labute approximate surface area is 79.4 Å². The largest absolute Gasteiger partial charge is 0.381 e. The molecule has 1 aromatic rings. The van der Waals surface area contributed by atoms with Crippen molar-refractivity contribution < 1.29 is 0 Å². The summed E-state index contributed by atoms with van der Waals surface area (Å²) in [6, 6.07) is 8.83. The van der Waals surface area contributed by atoms with Crippen molar-refractivity contribution in [2.75, 3.05) is 18.4 Å². The number of hydrogen-bond acceptors (Lipinski definition) is 2. The highest BCUT2D eigenvalue weighted by Crippen LogP contribution is 2.12. The molecule has 0 amide bonds. The van der Waals surface area contributed by atoms with Crippen LogP contribution in [0.1, 0.15) is 12.0 Å². The van der Waals surface area contributed by atoms with Crippen molar-refractivity contribution in [2.45, 2.75) is 12.5 Å². The van der Waals surface area contributed by atoms with Crippen molar-refractivity contribution in [1.82, 2.24) is 5.32 Å². The monoisotopic (exact) mass is 175 g/mol. The fourth-order valence-corrected chi connectivity index (χ4v) is 1.61. The van der Waals surface area contributed by atoms with Gasteiger partial charge in [0, 0.05) is 18.3 Å². The lowest BCUT2D eigenvalue weighted by molar-refractivity contribution is 0.793. The molecule has 2 N–H and O–H groups in total. The minimum Gasteiger partial charge on any atom is -0.381 e. The predicted octanol–water partition coefficient (Wildman–Crippen LogP) is 1.64. The highest BCUT2D eigenvalue weighted by molar-refractivity contribution is 5.46. The average molecular weight is 175 g/mol. The van der Waals surface area contributed by atoms with Gasteiger partial charge in [-0.05, 0) is 37.6 Å². The lowest BCUT2D eigenvalue weighted by atomic mass is 10.2. The van der Waals surface area contributed by atoms with E-state index >= 15 is 0 Å². The molecule has 2 heteroatoms. The predicted molar refractivity (Wildman–Crippen MR) is 55.8 cm³/mol. The van der Waals surface area contributed by atoms with Gasteiger partial charge in [-0.25, -0.2) is 0 Å². The van der Waals surface area contributed by atoms with Gasteiger partial charge in [0.25, 0.3) is 0 Å². The number of rotatable bonds is 2. The third-order valence-electron chi connectivity index (χ3n) is 2.39. The van der Waals surface area contributed by atoms with Crippen LogP contribution in [-0.2, 0) is 0 Å². The van der Waals surface area contributed by atoms with Crippen LogP contribution in [0.4, 0.5) is 5.69 Å². The summed E-state index contributed by atoms with van der Waals surface area (Å²) < 4.78 is 0. The van der Waals surface area contributed by atoms with Gasteiger partial charge in [0.15, 0.2) is 0 Å². The normalized spacial score (nSPS) is 21.8. The second-order valence-corrected chi connectivity index (χ2v) is 3.53. The Balaban J connectivity index is 1.97. The quantitative estimate of drug-likeness (QED) is 0.714. The highest BCUT2D eigenvalue weighted by atomic mass is 15.0. The molecular formula is C11H15N2. The van der Waals surface area contributed by atoms with E-state index in [1.807, 2.05) is 12.1 Å². The summed E-state index contributed by atoms with van der Waals surface area (Å²) in [5, 5.41) is 6.81. The van der Waals surface area contributed by atoms with E-state index in [0.29, 0.717) is 6.04 Å². The molecule has 0 aliphatic carbocycles. The van der Waals surface area contributed by atoms with Crippen molar-refractivity contribution in [2.24, 2.45) is 0 Å². The molecule has 1 aromatic carbocycles. The van der Waals surface area contributed by atoms with Gasteiger partial charge >= 0.3 is 0 Å². The van der Waals surface area contributed by atoms with Crippen LogP contribution in [-0.4, -0.2) is 19.1 Å². The van der Waals surface area contributed by atoms with E-state index in [4.69, 9.17) is 0 Å². The molecule has 0 saturated carbocycles. The maximum Gasteiger partial charge on any atom is 0.0398 e. The fraction of sp³-hybridized carbons (Fsp3) is 0.364. The van der Waals surface area contributed by atoms with Crippen LogP contribution < -0.4 is 10.6 Å². The zero-order valence-electron chi connectivity index (χ0n) is 7.72. The standard InChI is InChI=1S/C11H15N2/c1-9-2-4-10(5-3-9)13-11-6-7-12-8-11/h2-5,11-13H,1,6-8H2. The van der Waals surface area contributed by atoms with Crippen molar-refractivity contribution in [3.8, 4) is 0 Å². The summed E-state index contributed by atoms with van der Waals surface area (Å²) >= 11 is 0. The van der Waals surface area contributed by atoms with Gasteiger partial charge < -0.3 is 10.6 Å². The zero-order valence-corrected chi connectivity index (χ0v) is 7.72. The van der Waals surface area contributed by atoms with Gasteiger partial charge in [0.2, 0.25) is 0 Å². The van der Waals surface area contributed by atoms with Crippen LogP contribution in [0.15, 0.2) is 24.3 Å². The first kappa shape index (κ1) is 8.57. The molecule has 13 heavy (non-hydrogen) atoms. The topological polar surface area (TPSA) is 24.1 Å². The first-order valence-electron chi connectivity index (χ1n) is 4.74. The SMILES string of the molecule is [CH2]c1ccc(NC2CCNC2)cc1. The van der Waals surface area contributed by atoms with E-state index in [2.05, 4.69) is 29.7 Å². The number of anilines is 1. The summed E-state index contributed by atoms with van der Waals surface area (Å²) in [6.07, 6.45) is 1.21. The molecule has 0 aromatic heterocycles. The molecule has 1 atom stereocenters. The maximum atomic E-state index is 3.85. The van der Waals surface area contributed by atoms with E-state index in [9.17, 15) is 0 Å². The van der Waals surface area contributed by atoms with Crippen LogP contribution >= 0.6 is 0 Å². The minimum absolute atomic E-state index is 0.593. The molecule has 1 heterocycles. The van der Waals surface area contributed by atoms with E-state index < -0.39 is 0 Å². The third kappa shape index (κ3) is 2.22. The maximum absolute atomic E-state index is 3.85. The summed E-state index contributed by atoms with van der Waals surface area (Å²) in [4.78, 5) is 0. The van der Waals surface area contributed by atoms with Crippen LogP contribution in [0.5, 0.6) is 0 Å². The molecule has 2 rings (SSSR count). The Hall–Kier alpha value is -1.02. The smallest absolute Gasteiger partial charge is 0.0398 e. The Morgan fingerprint density at radius 1 is 1.31 bits per heavy atom. The second-order valence-electron chi connectivity index (χ2n) is 3.53. The van der Waals surface area contributed by atoms with Crippen molar-refractivity contribution in [3.63, 3.8) is 0 Å². The van der Waals surface area contributed by atoms with Gasteiger partial charge in [0.1, 0.15) is 0 Å². The average Bonchev–Trinajstić information content (AvgIpc) is 2.62. The first-order valence-corrected chi connectivity index (χ1v) is 4.74. The van der Waals surface area contributed by atoms with Crippen LogP contribution in [0.25, 0.3) is 0 Å². The zero-order chi connectivity index (χ0) is 9.10. The fourth-order valence-electron chi connectivity index (χ4n) is 1.61. The Kier molecular flexibility index (Phi) is 2.50. The second kappa shape index (κ2) is 3.79. The number of nitrogens with one attached hydrogen (secondary N) is 2. The lowest BCUT2D eigenvalue weighted by Gasteiger charge is -2.12. The third-order valence-corrected chi connectivity index (χ3v) is 2.39. The summed E-state index contributed by atoms with van der Waals surface area (Å²) in [6.45, 7) is 6.06. The van der Waals surface area contributed by atoms with Crippen LogP contribution in [0.2, 0.25) is 0 Å². The van der Waals surface area contributed by atoms with Crippen molar-refractivity contribution in [3.05, 3.63) is 36.8 Å². The molecule has 1 aliphatic rings. The van der Waals surface area contributed by atoms with Gasteiger partial charge in [-0.15, -0.1) is 0 Å². The number of benzene rings is 1. The van der Waals surface area contributed by atoms with Gasteiger partial charge in [-0.1, -0.05) is 12.1 Å².